The number of hydrogen-bond acceptors (Lipinski definition) is 8. The van der Waals surface area contributed by atoms with E-state index in [1.807, 2.05) is 0 Å². The van der Waals surface area contributed by atoms with Gasteiger partial charge in [-0.3, -0.25) is 14.9 Å². The molecule has 2 amide bonds. The molecule has 0 atom stereocenters. The fourth-order valence-electron chi connectivity index (χ4n) is 2.28. The summed E-state index contributed by atoms with van der Waals surface area (Å²) in [5.41, 5.74) is 1.10. The predicted molar refractivity (Wildman–Crippen MR) is 113 cm³/mol. The number of methoxy groups -OCH3 is 2. The summed E-state index contributed by atoms with van der Waals surface area (Å²) in [6, 6.07) is 13.9. The van der Waals surface area contributed by atoms with Gasteiger partial charge in [-0.2, -0.15) is 0 Å². The molecule has 0 spiro atoms. The Morgan fingerprint density at radius 3 is 2.48 bits per heavy atom. The Bertz CT molecular complexity index is 1010. The summed E-state index contributed by atoms with van der Waals surface area (Å²) in [7, 11) is 3.10. The standard InChI is InChI=1S/C19H18N4O4S2/c1-26-14-7-3-5-12(9-14)17(25)21-18-22-23-19(29-18)28-11-16(24)20-13-6-4-8-15(10-13)27-2/h3-10H,11H2,1-2H3,(H,20,24)(H,21,22,25). The number of carbonyl (C=O) groups excluding carboxylic acids is 2. The zero-order valence-electron chi connectivity index (χ0n) is 15.7. The van der Waals surface area contributed by atoms with Gasteiger partial charge in [0.2, 0.25) is 11.0 Å². The van der Waals surface area contributed by atoms with E-state index in [1.165, 1.54) is 30.2 Å². The van der Waals surface area contributed by atoms with Crippen molar-refractivity contribution in [2.75, 3.05) is 30.6 Å². The lowest BCUT2D eigenvalue weighted by molar-refractivity contribution is -0.113. The Morgan fingerprint density at radius 1 is 1.00 bits per heavy atom. The lowest BCUT2D eigenvalue weighted by Crippen LogP contribution is -2.13. The summed E-state index contributed by atoms with van der Waals surface area (Å²) in [5.74, 6) is 0.923. The van der Waals surface area contributed by atoms with Crippen molar-refractivity contribution in [3.63, 3.8) is 0 Å². The molecule has 3 rings (SSSR count). The number of nitrogens with zero attached hydrogens (tertiary/aromatic N) is 2. The second kappa shape index (κ2) is 9.89. The zero-order valence-corrected chi connectivity index (χ0v) is 17.3. The van der Waals surface area contributed by atoms with Gasteiger partial charge in [0.25, 0.3) is 5.91 Å². The average molecular weight is 431 g/mol. The molecule has 0 saturated heterocycles. The number of benzene rings is 2. The summed E-state index contributed by atoms with van der Waals surface area (Å²) >= 11 is 2.44. The highest BCUT2D eigenvalue weighted by molar-refractivity contribution is 8.01. The second-order valence-electron chi connectivity index (χ2n) is 5.63. The van der Waals surface area contributed by atoms with E-state index in [0.29, 0.717) is 32.2 Å². The molecule has 1 aromatic heterocycles. The zero-order chi connectivity index (χ0) is 20.6. The molecular formula is C19H18N4O4S2. The summed E-state index contributed by atoms with van der Waals surface area (Å²) in [6.07, 6.45) is 0. The van der Waals surface area contributed by atoms with Crippen molar-refractivity contribution in [2.24, 2.45) is 0 Å². The van der Waals surface area contributed by atoms with Crippen molar-refractivity contribution >= 4 is 45.7 Å². The number of carbonyl (C=O) groups is 2. The number of aromatic nitrogens is 2. The van der Waals surface area contributed by atoms with Crippen molar-refractivity contribution in [1.29, 1.82) is 0 Å². The maximum atomic E-state index is 12.3. The number of rotatable bonds is 8. The molecular weight excluding hydrogens is 412 g/mol. The summed E-state index contributed by atoms with van der Waals surface area (Å²) in [4.78, 5) is 24.4. The Kier molecular flexibility index (Phi) is 7.04. The normalized spacial score (nSPS) is 10.3. The molecule has 8 nitrogen and oxygen atoms in total. The van der Waals surface area contributed by atoms with Crippen molar-refractivity contribution in [1.82, 2.24) is 10.2 Å². The molecule has 1 heterocycles. The van der Waals surface area contributed by atoms with E-state index in [2.05, 4.69) is 20.8 Å². The highest BCUT2D eigenvalue weighted by Crippen LogP contribution is 2.26. The topological polar surface area (TPSA) is 102 Å². The van der Waals surface area contributed by atoms with Crippen molar-refractivity contribution in [3.8, 4) is 11.5 Å². The summed E-state index contributed by atoms with van der Waals surface area (Å²) < 4.78 is 10.8. The highest BCUT2D eigenvalue weighted by Gasteiger charge is 2.12. The first kappa shape index (κ1) is 20.6. The Labute approximate surface area is 175 Å². The molecule has 3 aromatic rings. The maximum absolute atomic E-state index is 12.3. The fraction of sp³-hybridized carbons (Fsp3) is 0.158. The molecule has 0 unspecified atom stereocenters. The Balaban J connectivity index is 1.52. The van der Waals surface area contributed by atoms with Crippen LogP contribution in [-0.2, 0) is 4.79 Å². The summed E-state index contributed by atoms with van der Waals surface area (Å²) in [6.45, 7) is 0. The third-order valence-electron chi connectivity index (χ3n) is 3.64. The molecule has 0 bridgehead atoms. The van der Waals surface area contributed by atoms with Gasteiger partial charge in [0.1, 0.15) is 11.5 Å². The number of hydrogen-bond donors (Lipinski definition) is 2. The van der Waals surface area contributed by atoms with Gasteiger partial charge in [-0.25, -0.2) is 0 Å². The smallest absolute Gasteiger partial charge is 0.257 e. The minimum absolute atomic E-state index is 0.162. The molecule has 0 aliphatic rings. The third kappa shape index (κ3) is 5.93. The van der Waals surface area contributed by atoms with E-state index in [4.69, 9.17) is 9.47 Å². The van der Waals surface area contributed by atoms with Crippen LogP contribution < -0.4 is 20.1 Å². The lowest BCUT2D eigenvalue weighted by atomic mass is 10.2. The van der Waals surface area contributed by atoms with Crippen molar-refractivity contribution < 1.29 is 19.1 Å². The van der Waals surface area contributed by atoms with Crippen LogP contribution >= 0.6 is 23.1 Å². The molecule has 0 saturated carbocycles. The van der Waals surface area contributed by atoms with Crippen LogP contribution in [0.3, 0.4) is 0 Å². The van der Waals surface area contributed by atoms with E-state index in [9.17, 15) is 9.59 Å². The number of amides is 2. The van der Waals surface area contributed by atoms with Gasteiger partial charge in [0.05, 0.1) is 20.0 Å². The van der Waals surface area contributed by atoms with Crippen LogP contribution in [0.1, 0.15) is 10.4 Å². The summed E-state index contributed by atoms with van der Waals surface area (Å²) in [5, 5.41) is 13.8. The van der Waals surface area contributed by atoms with Gasteiger partial charge >= 0.3 is 0 Å². The fourth-order valence-corrected chi connectivity index (χ4v) is 3.82. The van der Waals surface area contributed by atoms with Crippen LogP contribution in [0.4, 0.5) is 10.8 Å². The molecule has 0 radical (unpaired) electrons. The first-order valence-corrected chi connectivity index (χ1v) is 10.2. The first-order valence-electron chi connectivity index (χ1n) is 8.43. The van der Waals surface area contributed by atoms with Crippen LogP contribution in [0.5, 0.6) is 11.5 Å². The number of nitrogens with one attached hydrogen (secondary N) is 2. The van der Waals surface area contributed by atoms with Crippen LogP contribution in [-0.4, -0.2) is 42.0 Å². The van der Waals surface area contributed by atoms with Crippen LogP contribution in [0.15, 0.2) is 52.9 Å². The number of anilines is 2. The predicted octanol–water partition coefficient (Wildman–Crippen LogP) is 3.54. The molecule has 10 heteroatoms. The average Bonchev–Trinajstić information content (AvgIpc) is 3.19. The highest BCUT2D eigenvalue weighted by atomic mass is 32.2. The van der Waals surface area contributed by atoms with Crippen LogP contribution in [0, 0.1) is 0 Å². The molecule has 0 fully saturated rings. The minimum atomic E-state index is -0.313. The van der Waals surface area contributed by atoms with Gasteiger partial charge in [0, 0.05) is 17.3 Å². The molecule has 29 heavy (non-hydrogen) atoms. The SMILES string of the molecule is COc1cccc(NC(=O)CSc2nnc(NC(=O)c3cccc(OC)c3)s2)c1. The molecule has 0 aliphatic carbocycles. The number of thioether (sulfide) groups is 1. The van der Waals surface area contributed by atoms with Gasteiger partial charge in [-0.15, -0.1) is 10.2 Å². The maximum Gasteiger partial charge on any atom is 0.257 e. The quantitative estimate of drug-likeness (QED) is 0.416. The lowest BCUT2D eigenvalue weighted by Gasteiger charge is -2.06. The number of ether oxygens (including phenoxy) is 2. The first-order chi connectivity index (χ1) is 14.1. The van der Waals surface area contributed by atoms with Gasteiger partial charge in [-0.05, 0) is 30.3 Å². The Hall–Kier alpha value is -3.11. The molecule has 150 valence electrons. The van der Waals surface area contributed by atoms with E-state index >= 15 is 0 Å². The monoisotopic (exact) mass is 430 g/mol. The van der Waals surface area contributed by atoms with Gasteiger partial charge < -0.3 is 14.8 Å². The van der Waals surface area contributed by atoms with E-state index < -0.39 is 0 Å². The van der Waals surface area contributed by atoms with Gasteiger partial charge in [-0.1, -0.05) is 35.2 Å². The van der Waals surface area contributed by atoms with Crippen molar-refractivity contribution in [3.05, 3.63) is 54.1 Å². The van der Waals surface area contributed by atoms with Crippen LogP contribution in [0.2, 0.25) is 0 Å². The largest absolute Gasteiger partial charge is 0.497 e. The van der Waals surface area contributed by atoms with Gasteiger partial charge in [0.15, 0.2) is 4.34 Å². The molecule has 2 N–H and O–H groups in total. The van der Waals surface area contributed by atoms with E-state index in [1.54, 1.807) is 55.6 Å². The molecule has 0 aliphatic heterocycles. The van der Waals surface area contributed by atoms with Crippen molar-refractivity contribution in [2.45, 2.75) is 4.34 Å². The van der Waals surface area contributed by atoms with Crippen LogP contribution in [0.25, 0.3) is 0 Å². The minimum Gasteiger partial charge on any atom is -0.497 e. The Morgan fingerprint density at radius 2 is 1.72 bits per heavy atom. The van der Waals surface area contributed by atoms with E-state index in [0.717, 1.165) is 0 Å². The van der Waals surface area contributed by atoms with E-state index in [-0.39, 0.29) is 17.6 Å². The second-order valence-corrected chi connectivity index (χ2v) is 7.83. The molecule has 2 aromatic carbocycles. The third-order valence-corrected chi connectivity index (χ3v) is 5.61.